The van der Waals surface area contributed by atoms with Crippen molar-refractivity contribution in [3.63, 3.8) is 0 Å². The van der Waals surface area contributed by atoms with Gasteiger partial charge in [-0.05, 0) is 47.4 Å². The molecule has 1 saturated heterocycles. The van der Waals surface area contributed by atoms with Gasteiger partial charge < -0.3 is 9.64 Å². The number of rotatable bonds is 4. The molecule has 4 nitrogen and oxygen atoms in total. The summed E-state index contributed by atoms with van der Waals surface area (Å²) >= 11 is 3.54. The molecule has 1 amide bonds. The van der Waals surface area contributed by atoms with Crippen LogP contribution in [-0.4, -0.2) is 62.1 Å². The van der Waals surface area contributed by atoms with E-state index in [4.69, 9.17) is 4.74 Å². The summed E-state index contributed by atoms with van der Waals surface area (Å²) in [6.07, 6.45) is 1.01. The van der Waals surface area contributed by atoms with Crippen LogP contribution in [0, 0.1) is 6.92 Å². The fourth-order valence-corrected chi connectivity index (χ4v) is 3.03. The highest BCUT2D eigenvalue weighted by Crippen LogP contribution is 2.23. The van der Waals surface area contributed by atoms with Crippen molar-refractivity contribution in [2.75, 3.05) is 46.4 Å². The number of amides is 1. The normalized spacial score (nSPS) is 16.8. The molecular formula is C16H23BrN2O2. The summed E-state index contributed by atoms with van der Waals surface area (Å²) in [5, 5.41) is 0. The summed E-state index contributed by atoms with van der Waals surface area (Å²) in [6, 6.07) is 5.85. The van der Waals surface area contributed by atoms with Crippen LogP contribution in [0.3, 0.4) is 0 Å². The van der Waals surface area contributed by atoms with E-state index in [1.807, 2.05) is 30.0 Å². The number of carbonyl (C=O) groups is 1. The topological polar surface area (TPSA) is 32.8 Å². The van der Waals surface area contributed by atoms with Crippen molar-refractivity contribution in [2.24, 2.45) is 0 Å². The molecule has 0 aromatic heterocycles. The van der Waals surface area contributed by atoms with Crippen molar-refractivity contribution in [3.8, 4) is 0 Å². The lowest BCUT2D eigenvalue weighted by molar-refractivity contribution is 0.0758. The van der Waals surface area contributed by atoms with Crippen LogP contribution in [0.2, 0.25) is 0 Å². The Balaban J connectivity index is 2.01. The number of hydrogen-bond donors (Lipinski definition) is 0. The molecule has 0 N–H and O–H groups in total. The minimum absolute atomic E-state index is 0.124. The Morgan fingerprint density at radius 2 is 2.10 bits per heavy atom. The van der Waals surface area contributed by atoms with E-state index in [1.54, 1.807) is 7.11 Å². The largest absolute Gasteiger partial charge is 0.383 e. The van der Waals surface area contributed by atoms with Gasteiger partial charge in [-0.15, -0.1) is 0 Å². The first-order valence-electron chi connectivity index (χ1n) is 7.39. The summed E-state index contributed by atoms with van der Waals surface area (Å²) in [5.41, 5.74) is 1.86. The Bertz CT molecular complexity index is 493. The third kappa shape index (κ3) is 4.28. The predicted octanol–water partition coefficient (Wildman–Crippen LogP) is 2.55. The zero-order valence-corrected chi connectivity index (χ0v) is 14.4. The van der Waals surface area contributed by atoms with Gasteiger partial charge in [0.1, 0.15) is 0 Å². The second kappa shape index (κ2) is 7.92. The van der Waals surface area contributed by atoms with E-state index < -0.39 is 0 Å². The van der Waals surface area contributed by atoms with E-state index in [0.29, 0.717) is 0 Å². The van der Waals surface area contributed by atoms with Gasteiger partial charge in [0, 0.05) is 37.8 Å². The number of carbonyl (C=O) groups excluding carboxylic acids is 1. The standard InChI is InChI=1S/C16H23BrN2O2/c1-13-5-3-6-14(15(13)17)16(20)19-8-4-7-18(9-10-19)11-12-21-2/h3,5-6H,4,7-12H2,1-2H3. The van der Waals surface area contributed by atoms with E-state index in [9.17, 15) is 4.79 Å². The molecule has 1 heterocycles. The first-order valence-corrected chi connectivity index (χ1v) is 8.18. The van der Waals surface area contributed by atoms with Gasteiger partial charge in [0.25, 0.3) is 5.91 Å². The predicted molar refractivity (Wildman–Crippen MR) is 87.7 cm³/mol. The van der Waals surface area contributed by atoms with Crippen LogP contribution in [0.4, 0.5) is 0 Å². The maximum Gasteiger partial charge on any atom is 0.255 e. The molecular weight excluding hydrogens is 332 g/mol. The first-order chi connectivity index (χ1) is 10.1. The van der Waals surface area contributed by atoms with Gasteiger partial charge in [0.15, 0.2) is 0 Å². The number of ether oxygens (including phenoxy) is 1. The van der Waals surface area contributed by atoms with Crippen molar-refractivity contribution < 1.29 is 9.53 Å². The van der Waals surface area contributed by atoms with Crippen LogP contribution >= 0.6 is 15.9 Å². The molecule has 1 aromatic carbocycles. The zero-order chi connectivity index (χ0) is 15.2. The maximum absolute atomic E-state index is 12.7. The minimum Gasteiger partial charge on any atom is -0.383 e. The molecule has 0 atom stereocenters. The van der Waals surface area contributed by atoms with Crippen LogP contribution in [0.15, 0.2) is 22.7 Å². The second-order valence-electron chi connectivity index (χ2n) is 5.42. The third-order valence-corrected chi connectivity index (χ3v) is 4.96. The lowest BCUT2D eigenvalue weighted by atomic mass is 10.1. The van der Waals surface area contributed by atoms with Crippen LogP contribution in [-0.2, 0) is 4.74 Å². The van der Waals surface area contributed by atoms with Crippen LogP contribution in [0.1, 0.15) is 22.3 Å². The number of halogens is 1. The van der Waals surface area contributed by atoms with Crippen LogP contribution in [0.25, 0.3) is 0 Å². The Hall–Kier alpha value is -0.910. The fraction of sp³-hybridized carbons (Fsp3) is 0.562. The summed E-state index contributed by atoms with van der Waals surface area (Å²) in [5.74, 6) is 0.124. The molecule has 0 saturated carbocycles. The third-order valence-electron chi connectivity index (χ3n) is 3.91. The van der Waals surface area contributed by atoms with Gasteiger partial charge in [-0.2, -0.15) is 0 Å². The molecule has 0 aliphatic carbocycles. The molecule has 1 aromatic rings. The second-order valence-corrected chi connectivity index (χ2v) is 6.21. The molecule has 116 valence electrons. The highest BCUT2D eigenvalue weighted by atomic mass is 79.9. The number of hydrogen-bond acceptors (Lipinski definition) is 3. The van der Waals surface area contributed by atoms with Crippen molar-refractivity contribution in [3.05, 3.63) is 33.8 Å². The van der Waals surface area contributed by atoms with Crippen molar-refractivity contribution in [1.82, 2.24) is 9.80 Å². The monoisotopic (exact) mass is 354 g/mol. The van der Waals surface area contributed by atoms with Crippen LogP contribution < -0.4 is 0 Å². The summed E-state index contributed by atoms with van der Waals surface area (Å²) in [7, 11) is 1.73. The average molecular weight is 355 g/mol. The van der Waals surface area contributed by atoms with E-state index in [1.165, 1.54) is 0 Å². The molecule has 0 radical (unpaired) electrons. The quantitative estimate of drug-likeness (QED) is 0.832. The number of aryl methyl sites for hydroxylation is 1. The Labute approximate surface area is 135 Å². The van der Waals surface area contributed by atoms with Gasteiger partial charge in [-0.3, -0.25) is 9.69 Å². The number of nitrogens with zero attached hydrogens (tertiary/aromatic N) is 2. The molecule has 1 fully saturated rings. The van der Waals surface area contributed by atoms with Crippen LogP contribution in [0.5, 0.6) is 0 Å². The highest BCUT2D eigenvalue weighted by molar-refractivity contribution is 9.10. The molecule has 2 rings (SSSR count). The SMILES string of the molecule is COCCN1CCCN(C(=O)c2cccc(C)c2Br)CC1. The number of methoxy groups -OCH3 is 1. The molecule has 5 heteroatoms. The van der Waals surface area contributed by atoms with Gasteiger partial charge in [-0.25, -0.2) is 0 Å². The highest BCUT2D eigenvalue weighted by Gasteiger charge is 2.21. The van der Waals surface area contributed by atoms with E-state index in [2.05, 4.69) is 20.8 Å². The molecule has 1 aliphatic rings. The summed E-state index contributed by atoms with van der Waals surface area (Å²) in [4.78, 5) is 17.0. The lowest BCUT2D eigenvalue weighted by Crippen LogP contribution is -2.36. The van der Waals surface area contributed by atoms with Gasteiger partial charge >= 0.3 is 0 Å². The average Bonchev–Trinajstić information content (AvgIpc) is 2.73. The molecule has 1 aliphatic heterocycles. The summed E-state index contributed by atoms with van der Waals surface area (Å²) in [6.45, 7) is 7.24. The van der Waals surface area contributed by atoms with Gasteiger partial charge in [0.2, 0.25) is 0 Å². The molecule has 0 unspecified atom stereocenters. The molecule has 21 heavy (non-hydrogen) atoms. The zero-order valence-electron chi connectivity index (χ0n) is 12.8. The van der Waals surface area contributed by atoms with Crippen molar-refractivity contribution in [2.45, 2.75) is 13.3 Å². The van der Waals surface area contributed by atoms with Gasteiger partial charge in [-0.1, -0.05) is 12.1 Å². The smallest absolute Gasteiger partial charge is 0.255 e. The van der Waals surface area contributed by atoms with Crippen molar-refractivity contribution >= 4 is 21.8 Å². The molecule has 0 bridgehead atoms. The fourth-order valence-electron chi connectivity index (χ4n) is 2.60. The van der Waals surface area contributed by atoms with E-state index >= 15 is 0 Å². The van der Waals surface area contributed by atoms with E-state index in [-0.39, 0.29) is 5.91 Å². The van der Waals surface area contributed by atoms with Gasteiger partial charge in [0.05, 0.1) is 12.2 Å². The Morgan fingerprint density at radius 3 is 2.86 bits per heavy atom. The maximum atomic E-state index is 12.7. The molecule has 0 spiro atoms. The van der Waals surface area contributed by atoms with E-state index in [0.717, 1.165) is 61.4 Å². The minimum atomic E-state index is 0.124. The number of benzene rings is 1. The lowest BCUT2D eigenvalue weighted by Gasteiger charge is -2.22. The first kappa shape index (κ1) is 16.5. The van der Waals surface area contributed by atoms with Crippen molar-refractivity contribution in [1.29, 1.82) is 0 Å². The Kier molecular flexibility index (Phi) is 6.21. The summed E-state index contributed by atoms with van der Waals surface area (Å²) < 4.78 is 6.04. The Morgan fingerprint density at radius 1 is 1.29 bits per heavy atom.